The van der Waals surface area contributed by atoms with Crippen LogP contribution in [-0.4, -0.2) is 26.7 Å². The van der Waals surface area contributed by atoms with Crippen molar-refractivity contribution in [1.82, 2.24) is 15.0 Å². The summed E-state index contributed by atoms with van der Waals surface area (Å²) in [6.45, 7) is 15.4. The molecule has 45 heavy (non-hydrogen) atoms. The maximum atomic E-state index is 12.2. The van der Waals surface area contributed by atoms with E-state index in [1.807, 2.05) is 30.3 Å². The van der Waals surface area contributed by atoms with Crippen LogP contribution in [0.15, 0.2) is 78.9 Å². The molecule has 5 nitrogen and oxygen atoms in total. The Morgan fingerprint density at radius 2 is 1.18 bits per heavy atom. The van der Waals surface area contributed by atoms with Gasteiger partial charge in [-0.1, -0.05) is 118 Å². The summed E-state index contributed by atoms with van der Waals surface area (Å²) >= 11 is 0. The molecule has 0 aliphatic heterocycles. The Balaban J connectivity index is 1.71. The number of aryl methyl sites for hydroxylation is 4. The Morgan fingerprint density at radius 1 is 0.644 bits per heavy atom. The summed E-state index contributed by atoms with van der Waals surface area (Å²) < 4.78 is 6.39. The van der Waals surface area contributed by atoms with Gasteiger partial charge < -0.3 is 9.84 Å². The first-order chi connectivity index (χ1) is 21.6. The van der Waals surface area contributed by atoms with Crippen LogP contribution in [0.1, 0.15) is 79.8 Å². The van der Waals surface area contributed by atoms with Crippen LogP contribution < -0.4 is 4.74 Å². The molecule has 0 spiro atoms. The van der Waals surface area contributed by atoms with E-state index in [0.29, 0.717) is 35.4 Å². The second-order valence-electron chi connectivity index (χ2n) is 12.7. The van der Waals surface area contributed by atoms with Crippen molar-refractivity contribution < 1.29 is 9.84 Å². The van der Waals surface area contributed by atoms with Gasteiger partial charge in [0.1, 0.15) is 11.5 Å². The molecule has 4 aromatic carbocycles. The highest BCUT2D eigenvalue weighted by atomic mass is 16.5. The molecule has 5 rings (SSSR count). The lowest BCUT2D eigenvalue weighted by atomic mass is 9.76. The molecule has 0 aliphatic carbocycles. The van der Waals surface area contributed by atoms with E-state index in [2.05, 4.69) is 97.0 Å². The van der Waals surface area contributed by atoms with E-state index >= 15 is 0 Å². The number of rotatable bonds is 11. The molecule has 0 amide bonds. The number of aromatic hydroxyl groups is 1. The predicted molar refractivity (Wildman–Crippen MR) is 185 cm³/mol. The van der Waals surface area contributed by atoms with Crippen molar-refractivity contribution >= 4 is 0 Å². The molecule has 0 atom stereocenters. The summed E-state index contributed by atoms with van der Waals surface area (Å²) in [4.78, 5) is 15.0. The molecular formula is C40H45N3O2. The Labute approximate surface area is 268 Å². The molecule has 0 unspecified atom stereocenters. The summed E-state index contributed by atoms with van der Waals surface area (Å²) in [7, 11) is 0. The van der Waals surface area contributed by atoms with Crippen LogP contribution in [0.3, 0.4) is 0 Å². The second kappa shape index (κ2) is 13.6. The van der Waals surface area contributed by atoms with Crippen LogP contribution in [-0.2, 0) is 5.41 Å². The van der Waals surface area contributed by atoms with E-state index in [9.17, 15) is 5.11 Å². The first kappa shape index (κ1) is 31.9. The van der Waals surface area contributed by atoms with E-state index < -0.39 is 5.41 Å². The number of unbranched alkanes of at least 4 members (excludes halogenated alkanes) is 3. The monoisotopic (exact) mass is 599 g/mol. The summed E-state index contributed by atoms with van der Waals surface area (Å²) in [5.41, 5.74) is 8.19. The average Bonchev–Trinajstić information content (AvgIpc) is 3.01. The Morgan fingerprint density at radius 3 is 1.71 bits per heavy atom. The molecule has 0 fully saturated rings. The molecule has 1 N–H and O–H groups in total. The molecular weight excluding hydrogens is 554 g/mol. The van der Waals surface area contributed by atoms with Crippen molar-refractivity contribution in [3.63, 3.8) is 0 Å². The maximum absolute atomic E-state index is 12.2. The second-order valence-corrected chi connectivity index (χ2v) is 12.7. The largest absolute Gasteiger partial charge is 0.507 e. The first-order valence-corrected chi connectivity index (χ1v) is 16.1. The van der Waals surface area contributed by atoms with E-state index in [0.717, 1.165) is 46.2 Å². The van der Waals surface area contributed by atoms with Gasteiger partial charge in [-0.05, 0) is 62.9 Å². The first-order valence-electron chi connectivity index (χ1n) is 16.1. The van der Waals surface area contributed by atoms with Gasteiger partial charge in [0.15, 0.2) is 17.5 Å². The lowest BCUT2D eigenvalue weighted by Gasteiger charge is -2.30. The highest BCUT2D eigenvalue weighted by molar-refractivity contribution is 5.75. The van der Waals surface area contributed by atoms with Crippen molar-refractivity contribution in [3.05, 3.63) is 112 Å². The van der Waals surface area contributed by atoms with Crippen molar-refractivity contribution in [2.24, 2.45) is 0 Å². The lowest BCUT2D eigenvalue weighted by Crippen LogP contribution is -2.21. The highest BCUT2D eigenvalue weighted by Crippen LogP contribution is 2.47. The standard InChI is InChI=1S/C40H45N3O2/c1-8-9-10-14-23-45-34-22-21-33(36(44)35(34)40(6,7)30-15-12-11-13-16-30)39-42-37(31-19-17-26(2)24-28(31)4)41-38(43-39)32-20-18-27(3)25-29(32)5/h11-13,15-22,24-25,44H,8-10,14,23H2,1-7H3. The zero-order chi connectivity index (χ0) is 32.1. The van der Waals surface area contributed by atoms with Crippen molar-refractivity contribution in [1.29, 1.82) is 0 Å². The Bertz CT molecular complexity index is 1720. The van der Waals surface area contributed by atoms with Crippen LogP contribution in [0, 0.1) is 27.7 Å². The number of ether oxygens (including phenoxy) is 1. The van der Waals surface area contributed by atoms with Crippen LogP contribution in [0.2, 0.25) is 0 Å². The topological polar surface area (TPSA) is 68.1 Å². The van der Waals surface area contributed by atoms with Gasteiger partial charge in [-0.15, -0.1) is 0 Å². The average molecular weight is 600 g/mol. The zero-order valence-electron chi connectivity index (χ0n) is 27.7. The minimum Gasteiger partial charge on any atom is -0.507 e. The van der Waals surface area contributed by atoms with E-state index in [1.165, 1.54) is 24.0 Å². The fourth-order valence-corrected chi connectivity index (χ4v) is 6.05. The lowest BCUT2D eigenvalue weighted by molar-refractivity contribution is 0.295. The van der Waals surface area contributed by atoms with E-state index in [1.54, 1.807) is 0 Å². The van der Waals surface area contributed by atoms with Gasteiger partial charge in [0.25, 0.3) is 0 Å². The van der Waals surface area contributed by atoms with Gasteiger partial charge in [0.2, 0.25) is 0 Å². The molecule has 0 saturated heterocycles. The van der Waals surface area contributed by atoms with Crippen molar-refractivity contribution in [2.75, 3.05) is 6.61 Å². The summed E-state index contributed by atoms with van der Waals surface area (Å²) in [5, 5.41) is 12.2. The highest BCUT2D eigenvalue weighted by Gasteiger charge is 2.32. The molecule has 0 bridgehead atoms. The summed E-state index contributed by atoms with van der Waals surface area (Å²) in [6, 6.07) is 26.7. The van der Waals surface area contributed by atoms with Gasteiger partial charge in [-0.3, -0.25) is 0 Å². The third-order valence-corrected chi connectivity index (χ3v) is 8.64. The Kier molecular flexibility index (Phi) is 9.67. The molecule has 1 heterocycles. The minimum atomic E-state index is -0.556. The number of hydrogen-bond acceptors (Lipinski definition) is 5. The maximum Gasteiger partial charge on any atom is 0.167 e. The molecule has 0 aliphatic rings. The summed E-state index contributed by atoms with van der Waals surface area (Å²) in [5.74, 6) is 2.38. The number of benzene rings is 4. The number of phenols is 1. The quantitative estimate of drug-likeness (QED) is 0.153. The molecule has 1 aromatic heterocycles. The van der Waals surface area contributed by atoms with Crippen LogP contribution in [0.25, 0.3) is 34.2 Å². The normalized spacial score (nSPS) is 11.5. The number of nitrogens with zero attached hydrogens (tertiary/aromatic N) is 3. The van der Waals surface area contributed by atoms with Gasteiger partial charge in [0, 0.05) is 22.1 Å². The van der Waals surface area contributed by atoms with Crippen molar-refractivity contribution in [3.8, 4) is 45.7 Å². The molecule has 232 valence electrons. The fraction of sp³-hybridized carbons (Fsp3) is 0.325. The van der Waals surface area contributed by atoms with Gasteiger partial charge in [-0.2, -0.15) is 0 Å². The van der Waals surface area contributed by atoms with Crippen LogP contribution in [0.5, 0.6) is 11.5 Å². The number of hydrogen-bond donors (Lipinski definition) is 1. The smallest absolute Gasteiger partial charge is 0.167 e. The van der Waals surface area contributed by atoms with Crippen LogP contribution in [0.4, 0.5) is 0 Å². The Hall–Kier alpha value is -4.51. The number of aromatic nitrogens is 3. The zero-order valence-corrected chi connectivity index (χ0v) is 27.7. The van der Waals surface area contributed by atoms with E-state index in [-0.39, 0.29) is 5.75 Å². The molecule has 5 aromatic rings. The van der Waals surface area contributed by atoms with E-state index in [4.69, 9.17) is 19.7 Å². The van der Waals surface area contributed by atoms with Gasteiger partial charge in [0.05, 0.1) is 12.2 Å². The molecule has 0 saturated carbocycles. The van der Waals surface area contributed by atoms with Crippen LogP contribution >= 0.6 is 0 Å². The third kappa shape index (κ3) is 6.93. The summed E-state index contributed by atoms with van der Waals surface area (Å²) in [6.07, 6.45) is 4.43. The minimum absolute atomic E-state index is 0.124. The molecule has 0 radical (unpaired) electrons. The third-order valence-electron chi connectivity index (χ3n) is 8.64. The fourth-order valence-electron chi connectivity index (χ4n) is 6.05. The predicted octanol–water partition coefficient (Wildman–Crippen LogP) is 10.1. The molecule has 5 heteroatoms. The SMILES string of the molecule is CCCCCCOc1ccc(-c2nc(-c3ccc(C)cc3C)nc(-c3ccc(C)cc3C)n2)c(O)c1C(C)(C)c1ccccc1. The number of phenolic OH excluding ortho intramolecular Hbond substituents is 1. The van der Waals surface area contributed by atoms with Crippen molar-refractivity contribution in [2.45, 2.75) is 79.6 Å². The van der Waals surface area contributed by atoms with Gasteiger partial charge in [-0.25, -0.2) is 15.0 Å². The van der Waals surface area contributed by atoms with Gasteiger partial charge >= 0.3 is 0 Å².